The molecule has 0 spiro atoms. The van der Waals surface area contributed by atoms with Gasteiger partial charge in [0.1, 0.15) is 18.0 Å². The summed E-state index contributed by atoms with van der Waals surface area (Å²) in [5.74, 6) is 1.49. The Morgan fingerprint density at radius 3 is 2.87 bits per heavy atom. The van der Waals surface area contributed by atoms with Crippen LogP contribution in [-0.2, 0) is 4.74 Å². The Kier molecular flexibility index (Phi) is 8.57. The molecule has 2 aromatic rings. The maximum atomic E-state index is 9.72. The van der Waals surface area contributed by atoms with Gasteiger partial charge in [0, 0.05) is 24.7 Å². The van der Waals surface area contributed by atoms with Crippen molar-refractivity contribution in [1.82, 2.24) is 20.2 Å². The summed E-state index contributed by atoms with van der Waals surface area (Å²) in [7, 11) is 4.04. The lowest BCUT2D eigenvalue weighted by Crippen LogP contribution is -2.28. The normalized spacial score (nSPS) is 19.4. The number of aliphatic hydroxyl groups excluding tert-OH is 1. The number of rotatable bonds is 11. The van der Waals surface area contributed by atoms with E-state index in [4.69, 9.17) is 9.47 Å². The highest BCUT2D eigenvalue weighted by molar-refractivity contribution is 5.84. The maximum absolute atomic E-state index is 9.72. The molecule has 9 heteroatoms. The van der Waals surface area contributed by atoms with Crippen LogP contribution in [0.4, 0.5) is 5.95 Å². The van der Waals surface area contributed by atoms with Gasteiger partial charge in [0.05, 0.1) is 18.4 Å². The summed E-state index contributed by atoms with van der Waals surface area (Å²) >= 11 is 0. The van der Waals surface area contributed by atoms with Crippen LogP contribution in [0.25, 0.3) is 10.9 Å². The van der Waals surface area contributed by atoms with Crippen molar-refractivity contribution in [2.75, 3.05) is 39.2 Å². The van der Waals surface area contributed by atoms with Gasteiger partial charge in [0.25, 0.3) is 0 Å². The largest absolute Gasteiger partial charge is 0.488 e. The monoisotopic (exact) mass is 428 g/mol. The van der Waals surface area contributed by atoms with E-state index in [0.29, 0.717) is 24.3 Å². The molecule has 1 aliphatic rings. The van der Waals surface area contributed by atoms with Gasteiger partial charge in [0.15, 0.2) is 0 Å². The van der Waals surface area contributed by atoms with Gasteiger partial charge < -0.3 is 19.5 Å². The zero-order chi connectivity index (χ0) is 22.1. The summed E-state index contributed by atoms with van der Waals surface area (Å²) in [5.41, 5.74) is 0.723. The summed E-state index contributed by atoms with van der Waals surface area (Å²) in [6.45, 7) is 5.52. The van der Waals surface area contributed by atoms with Gasteiger partial charge in [-0.1, -0.05) is 12.1 Å². The molecule has 3 rings (SSSR count). The van der Waals surface area contributed by atoms with E-state index in [1.807, 2.05) is 32.3 Å². The van der Waals surface area contributed by atoms with Crippen LogP contribution in [0.1, 0.15) is 25.7 Å². The number of para-hydroxylation sites is 1. The van der Waals surface area contributed by atoms with Crippen LogP contribution < -0.4 is 15.4 Å². The minimum absolute atomic E-state index is 0.0809. The van der Waals surface area contributed by atoms with Crippen molar-refractivity contribution in [2.24, 2.45) is 4.99 Å². The molecule has 1 aliphatic carbocycles. The standard InChI is InChI=1S/C22H32N6O3/c1-23-14-20(30-15-24-11-12-28(2)3)26-22-25-13-16-5-4-6-19(21(16)27-22)31-18-9-7-17(29)8-10-18/h4-6,13-14,17-18,24,29H,1,7-12,15H2,2-3H3,(H,25,26,27)/b20-14-. The fourth-order valence-corrected chi connectivity index (χ4v) is 3.33. The number of aliphatic hydroxyl groups is 1. The Balaban J connectivity index is 1.67. The fourth-order valence-electron chi connectivity index (χ4n) is 3.33. The van der Waals surface area contributed by atoms with E-state index in [9.17, 15) is 5.11 Å². The zero-order valence-electron chi connectivity index (χ0n) is 18.3. The van der Waals surface area contributed by atoms with E-state index < -0.39 is 0 Å². The predicted octanol–water partition coefficient (Wildman–Crippen LogP) is 2.35. The number of nitrogens with zero attached hydrogens (tertiary/aromatic N) is 4. The van der Waals surface area contributed by atoms with E-state index >= 15 is 0 Å². The molecule has 1 aromatic carbocycles. The average Bonchev–Trinajstić information content (AvgIpc) is 2.75. The Hall–Kier alpha value is -2.75. The van der Waals surface area contributed by atoms with Gasteiger partial charge in [-0.15, -0.1) is 0 Å². The third-order valence-corrected chi connectivity index (χ3v) is 5.02. The highest BCUT2D eigenvalue weighted by Gasteiger charge is 2.21. The molecular formula is C22H32N6O3. The molecule has 0 amide bonds. The van der Waals surface area contributed by atoms with Crippen LogP contribution in [0.5, 0.6) is 5.75 Å². The summed E-state index contributed by atoms with van der Waals surface area (Å²) < 4.78 is 11.9. The minimum Gasteiger partial charge on any atom is -0.488 e. The molecule has 0 atom stereocenters. The summed E-state index contributed by atoms with van der Waals surface area (Å²) in [6, 6.07) is 5.79. The van der Waals surface area contributed by atoms with Crippen LogP contribution >= 0.6 is 0 Å². The first-order valence-electron chi connectivity index (χ1n) is 10.6. The second-order valence-corrected chi connectivity index (χ2v) is 7.83. The first-order chi connectivity index (χ1) is 15.0. The van der Waals surface area contributed by atoms with Crippen LogP contribution in [0.2, 0.25) is 0 Å². The van der Waals surface area contributed by atoms with Crippen molar-refractivity contribution in [3.05, 3.63) is 36.5 Å². The summed E-state index contributed by atoms with van der Waals surface area (Å²) in [4.78, 5) is 14.9. The SMILES string of the molecule is C=N/C=C(/Nc1ncc2cccc(OC3CCC(O)CC3)c2n1)OCNCCN(C)C. The molecular weight excluding hydrogens is 396 g/mol. The first-order valence-corrected chi connectivity index (χ1v) is 10.6. The van der Waals surface area contributed by atoms with Gasteiger partial charge in [-0.3, -0.25) is 15.6 Å². The molecule has 1 aromatic heterocycles. The lowest BCUT2D eigenvalue weighted by atomic mass is 9.95. The van der Waals surface area contributed by atoms with Gasteiger partial charge in [-0.25, -0.2) is 9.97 Å². The van der Waals surface area contributed by atoms with Gasteiger partial charge in [-0.2, -0.15) is 0 Å². The first kappa shape index (κ1) is 22.9. The number of likely N-dealkylation sites (N-methyl/N-ethyl adjacent to an activating group) is 1. The molecule has 1 heterocycles. The van der Waals surface area contributed by atoms with E-state index in [1.54, 1.807) is 6.20 Å². The molecule has 0 unspecified atom stereocenters. The van der Waals surface area contributed by atoms with Crippen LogP contribution in [0, 0.1) is 0 Å². The van der Waals surface area contributed by atoms with E-state index in [1.165, 1.54) is 6.20 Å². The number of nitrogens with one attached hydrogen (secondary N) is 2. The number of hydrogen-bond acceptors (Lipinski definition) is 9. The number of aromatic nitrogens is 2. The van der Waals surface area contributed by atoms with Crippen molar-refractivity contribution in [3.63, 3.8) is 0 Å². The molecule has 1 saturated carbocycles. The van der Waals surface area contributed by atoms with Crippen molar-refractivity contribution in [1.29, 1.82) is 0 Å². The predicted molar refractivity (Wildman–Crippen MR) is 122 cm³/mol. The lowest BCUT2D eigenvalue weighted by Gasteiger charge is -2.26. The quantitative estimate of drug-likeness (QED) is 0.217. The second-order valence-electron chi connectivity index (χ2n) is 7.83. The average molecular weight is 429 g/mol. The molecule has 168 valence electrons. The molecule has 9 nitrogen and oxygen atoms in total. The zero-order valence-corrected chi connectivity index (χ0v) is 18.3. The second kappa shape index (κ2) is 11.6. The minimum atomic E-state index is -0.216. The van der Waals surface area contributed by atoms with Crippen LogP contribution in [0.15, 0.2) is 41.5 Å². The lowest BCUT2D eigenvalue weighted by molar-refractivity contribution is 0.0672. The molecule has 0 saturated heterocycles. The van der Waals surface area contributed by atoms with Gasteiger partial charge >= 0.3 is 0 Å². The van der Waals surface area contributed by atoms with Crippen molar-refractivity contribution in [3.8, 4) is 5.75 Å². The Morgan fingerprint density at radius 2 is 2.13 bits per heavy atom. The Labute approximate surface area is 183 Å². The number of anilines is 1. The number of fused-ring (bicyclic) bond motifs is 1. The summed E-state index contributed by atoms with van der Waals surface area (Å²) in [5, 5.41) is 16.9. The maximum Gasteiger partial charge on any atom is 0.230 e. The smallest absolute Gasteiger partial charge is 0.230 e. The molecule has 3 N–H and O–H groups in total. The molecule has 0 bridgehead atoms. The van der Waals surface area contributed by atoms with Crippen LogP contribution in [0.3, 0.4) is 0 Å². The topological polar surface area (TPSA) is 104 Å². The highest BCUT2D eigenvalue weighted by Crippen LogP contribution is 2.29. The van der Waals surface area contributed by atoms with Gasteiger partial charge in [0.2, 0.25) is 11.8 Å². The fraction of sp³-hybridized carbons (Fsp3) is 0.500. The van der Waals surface area contributed by atoms with E-state index in [2.05, 4.69) is 37.2 Å². The molecule has 1 fully saturated rings. The number of aliphatic imine (C=N–C) groups is 1. The third-order valence-electron chi connectivity index (χ3n) is 5.02. The molecule has 0 aliphatic heterocycles. The Morgan fingerprint density at radius 1 is 1.32 bits per heavy atom. The number of ether oxygens (including phenoxy) is 2. The third kappa shape index (κ3) is 7.16. The number of hydrogen-bond donors (Lipinski definition) is 3. The molecule has 31 heavy (non-hydrogen) atoms. The Bertz CT molecular complexity index is 881. The van der Waals surface area contributed by atoms with Crippen molar-refractivity contribution in [2.45, 2.75) is 37.9 Å². The number of benzene rings is 1. The van der Waals surface area contributed by atoms with Gasteiger partial charge in [-0.05, 0) is 52.6 Å². The van der Waals surface area contributed by atoms with Crippen LogP contribution in [-0.4, -0.2) is 72.8 Å². The van der Waals surface area contributed by atoms with E-state index in [-0.39, 0.29) is 12.2 Å². The van der Waals surface area contributed by atoms with E-state index in [0.717, 1.165) is 49.7 Å². The summed E-state index contributed by atoms with van der Waals surface area (Å²) in [6.07, 6.45) is 6.29. The van der Waals surface area contributed by atoms with Crippen molar-refractivity contribution < 1.29 is 14.6 Å². The molecule has 0 radical (unpaired) electrons. The highest BCUT2D eigenvalue weighted by atomic mass is 16.5. The van der Waals surface area contributed by atoms with Crippen molar-refractivity contribution >= 4 is 23.6 Å².